The number of nitrogens with zero attached hydrogens (tertiary/aromatic N) is 8. The van der Waals surface area contributed by atoms with Crippen LogP contribution in [0.4, 0.5) is 24.5 Å². The van der Waals surface area contributed by atoms with E-state index in [-0.39, 0.29) is 53.1 Å². The normalized spacial score (nSPS) is 18.1. The van der Waals surface area contributed by atoms with Gasteiger partial charge in [-0.2, -0.15) is 22.7 Å². The summed E-state index contributed by atoms with van der Waals surface area (Å²) in [6.07, 6.45) is -0.528. The number of nitrogens with one attached hydrogen (secondary N) is 1. The second-order valence-electron chi connectivity index (χ2n) is 14.5. The Balaban J connectivity index is 1.07. The van der Waals surface area contributed by atoms with Gasteiger partial charge >= 0.3 is 6.18 Å². The highest BCUT2D eigenvalue weighted by atomic mass is 35.5. The average Bonchev–Trinajstić information content (AvgIpc) is 3.94. The van der Waals surface area contributed by atoms with E-state index in [0.717, 1.165) is 29.3 Å². The third-order valence-electron chi connectivity index (χ3n) is 10.8. The molecule has 0 unspecified atom stereocenters. The van der Waals surface area contributed by atoms with Crippen LogP contribution in [0.5, 0.6) is 5.75 Å². The van der Waals surface area contributed by atoms with E-state index in [1.54, 1.807) is 16.4 Å². The molecule has 0 bridgehead atoms. The molecule has 3 aliphatic rings. The second-order valence-corrected chi connectivity index (χ2v) is 14.9. The largest absolute Gasteiger partial charge is 0.485 e. The summed E-state index contributed by atoms with van der Waals surface area (Å²) in [5, 5.41) is 6.96. The van der Waals surface area contributed by atoms with Crippen molar-refractivity contribution in [1.29, 1.82) is 0 Å². The van der Waals surface area contributed by atoms with Gasteiger partial charge in [0.2, 0.25) is 11.7 Å². The van der Waals surface area contributed by atoms with Gasteiger partial charge in [0.05, 0.1) is 40.9 Å². The zero-order valence-electron chi connectivity index (χ0n) is 31.6. The molecule has 2 atom stereocenters. The lowest BCUT2D eigenvalue weighted by Crippen LogP contribution is -2.38. The van der Waals surface area contributed by atoms with Gasteiger partial charge in [0.1, 0.15) is 25.2 Å². The number of hydrogen-bond acceptors (Lipinski definition) is 10. The van der Waals surface area contributed by atoms with Crippen molar-refractivity contribution in [2.24, 2.45) is 11.8 Å². The number of anilines is 2. The minimum absolute atomic E-state index is 0.00277. The minimum Gasteiger partial charge on any atom is -0.485 e. The van der Waals surface area contributed by atoms with Crippen LogP contribution in [0.1, 0.15) is 52.2 Å². The van der Waals surface area contributed by atoms with Gasteiger partial charge in [-0.05, 0) is 49.1 Å². The van der Waals surface area contributed by atoms with Crippen LogP contribution in [-0.2, 0) is 35.3 Å². The quantitative estimate of drug-likeness (QED) is 0.193. The number of likely N-dealkylation sites (tertiary alicyclic amines) is 1. The predicted molar refractivity (Wildman–Crippen MR) is 208 cm³/mol. The van der Waals surface area contributed by atoms with Crippen molar-refractivity contribution in [3.8, 4) is 5.75 Å². The Hall–Kier alpha value is -5.81. The van der Waals surface area contributed by atoms with E-state index in [2.05, 4.69) is 20.4 Å². The number of halogens is 4. The summed E-state index contributed by atoms with van der Waals surface area (Å²) in [7, 11) is 0. The maximum Gasteiger partial charge on any atom is 0.416 e. The number of hydrogen-bond donors (Lipinski definition) is 1. The van der Waals surface area contributed by atoms with E-state index >= 15 is 0 Å². The maximum atomic E-state index is 14.4. The van der Waals surface area contributed by atoms with Gasteiger partial charge in [0.25, 0.3) is 11.5 Å². The first kappa shape index (κ1) is 39.0. The van der Waals surface area contributed by atoms with Gasteiger partial charge in [0, 0.05) is 38.0 Å². The molecule has 0 radical (unpaired) electrons. The van der Waals surface area contributed by atoms with Gasteiger partial charge in [-0.3, -0.25) is 14.4 Å². The third-order valence-corrected chi connectivity index (χ3v) is 11.1. The Kier molecular flexibility index (Phi) is 10.7. The molecular weight excluding hydrogens is 779 g/mol. The molecule has 3 aromatic heterocycles. The Labute approximate surface area is 335 Å². The van der Waals surface area contributed by atoms with Crippen molar-refractivity contribution in [3.05, 3.63) is 110 Å². The van der Waals surface area contributed by atoms with E-state index in [0.29, 0.717) is 80.9 Å². The van der Waals surface area contributed by atoms with Crippen LogP contribution in [0, 0.1) is 18.8 Å². The summed E-state index contributed by atoms with van der Waals surface area (Å²) in [6.45, 7) is 6.16. The Morgan fingerprint density at radius 2 is 1.81 bits per heavy atom. The highest BCUT2D eigenvalue weighted by Gasteiger charge is 2.44. The fourth-order valence-electron chi connectivity index (χ4n) is 7.93. The molecule has 0 aliphatic carbocycles. The molecule has 2 amide bonds. The number of rotatable bonds is 10. The number of benzene rings is 2. The van der Waals surface area contributed by atoms with Crippen molar-refractivity contribution < 1.29 is 32.2 Å². The van der Waals surface area contributed by atoms with Gasteiger partial charge < -0.3 is 29.2 Å². The summed E-state index contributed by atoms with van der Waals surface area (Å²) in [4.78, 5) is 59.2. The van der Waals surface area contributed by atoms with Crippen LogP contribution in [0.15, 0.2) is 65.7 Å². The Morgan fingerprint density at radius 1 is 1.05 bits per heavy atom. The molecule has 2 aromatic carbocycles. The molecule has 14 nitrogen and oxygen atoms in total. The third kappa shape index (κ3) is 7.63. The fraction of sp³-hybridized carbons (Fsp3) is 0.375. The Morgan fingerprint density at radius 3 is 2.48 bits per heavy atom. The first-order valence-electron chi connectivity index (χ1n) is 18.9. The van der Waals surface area contributed by atoms with Crippen LogP contribution in [0.25, 0.3) is 11.4 Å². The maximum absolute atomic E-state index is 14.4. The average molecular weight is 818 g/mol. The molecule has 6 heterocycles. The smallest absolute Gasteiger partial charge is 0.416 e. The van der Waals surface area contributed by atoms with E-state index < -0.39 is 23.2 Å². The summed E-state index contributed by atoms with van der Waals surface area (Å²) in [6, 6.07) is 12.3. The first-order chi connectivity index (χ1) is 27.9. The van der Waals surface area contributed by atoms with E-state index in [1.165, 1.54) is 10.8 Å². The standard InChI is InChI=1S/C40H39ClF3N9O5/c1-3-31-34(50-16-26-18-51(19-27(26)17-50)37(55)33-35(23(2)45-22-46-33)58-21-24-7-5-4-6-8-24)38(56)53-39(48-36(49-53)25-11-13-57-14-12-25)52(31)20-32(54)47-30-10-9-28(15-29(30)41)40(42,43)44/h4-11,15,22,26-27H,3,12-14,16-21H2,1-2H3,(H,47,54)/t26-,27+. The van der Waals surface area contributed by atoms with Crippen LogP contribution in [0.2, 0.25) is 5.02 Å². The first-order valence-corrected chi connectivity index (χ1v) is 19.3. The second kappa shape index (κ2) is 15.9. The number of fused-ring (bicyclic) bond motifs is 2. The molecule has 0 saturated carbocycles. The lowest BCUT2D eigenvalue weighted by Gasteiger charge is -2.26. The van der Waals surface area contributed by atoms with Crippen LogP contribution in [-0.4, -0.2) is 85.2 Å². The highest BCUT2D eigenvalue weighted by Crippen LogP contribution is 2.37. The van der Waals surface area contributed by atoms with Gasteiger partial charge in [-0.1, -0.05) is 54.9 Å². The Bertz CT molecular complexity index is 2480. The fourth-order valence-corrected chi connectivity index (χ4v) is 8.16. The highest BCUT2D eigenvalue weighted by molar-refractivity contribution is 6.33. The van der Waals surface area contributed by atoms with E-state index in [1.807, 2.05) is 48.2 Å². The summed E-state index contributed by atoms with van der Waals surface area (Å²) in [5.41, 5.74) is 2.05. The lowest BCUT2D eigenvalue weighted by atomic mass is 10.0. The van der Waals surface area contributed by atoms with Crippen LogP contribution < -0.4 is 20.5 Å². The topological polar surface area (TPSA) is 149 Å². The molecule has 302 valence electrons. The summed E-state index contributed by atoms with van der Waals surface area (Å²) < 4.78 is 54.2. The SMILES string of the molecule is CCc1c(N2C[C@H]3CN(C(=O)c4ncnc(C)c4OCc4ccccc4)C[C@H]3C2)c(=O)n2nc(C3=CCOCC3)nc2n1CC(=O)Nc1ccc(C(F)(F)F)cc1Cl. The molecule has 2 fully saturated rings. The molecule has 1 N–H and O–H groups in total. The van der Waals surface area contributed by atoms with Crippen LogP contribution in [0.3, 0.4) is 0 Å². The molecule has 8 rings (SSSR count). The molecule has 3 aliphatic heterocycles. The number of carbonyl (C=O) groups is 2. The van der Waals surface area contributed by atoms with Crippen molar-refractivity contribution >= 4 is 46.1 Å². The number of carbonyl (C=O) groups excluding carboxylic acids is 2. The van der Waals surface area contributed by atoms with Gasteiger partial charge in [-0.25, -0.2) is 9.97 Å². The van der Waals surface area contributed by atoms with Gasteiger partial charge in [-0.15, -0.1) is 5.10 Å². The lowest BCUT2D eigenvalue weighted by molar-refractivity contribution is -0.137. The number of aromatic nitrogens is 6. The number of aryl methyl sites for hydroxylation is 1. The van der Waals surface area contributed by atoms with Crippen molar-refractivity contribution in [1.82, 2.24) is 34.0 Å². The zero-order valence-corrected chi connectivity index (χ0v) is 32.4. The van der Waals surface area contributed by atoms with Crippen molar-refractivity contribution in [2.75, 3.05) is 49.6 Å². The molecular formula is C40H39ClF3N9O5. The number of amides is 2. The number of ether oxygens (including phenoxy) is 2. The molecule has 2 saturated heterocycles. The monoisotopic (exact) mass is 817 g/mol. The molecule has 5 aromatic rings. The summed E-state index contributed by atoms with van der Waals surface area (Å²) in [5.74, 6) is 0.00823. The zero-order chi connectivity index (χ0) is 40.7. The van der Waals surface area contributed by atoms with E-state index in [9.17, 15) is 27.6 Å². The molecule has 0 spiro atoms. The van der Waals surface area contributed by atoms with E-state index in [4.69, 9.17) is 26.1 Å². The number of alkyl halides is 3. The molecule has 18 heteroatoms. The minimum atomic E-state index is -4.61. The molecule has 58 heavy (non-hydrogen) atoms. The van der Waals surface area contributed by atoms with Crippen LogP contribution >= 0.6 is 11.6 Å². The summed E-state index contributed by atoms with van der Waals surface area (Å²) >= 11 is 6.17. The van der Waals surface area contributed by atoms with Crippen molar-refractivity contribution in [3.63, 3.8) is 0 Å². The van der Waals surface area contributed by atoms with Gasteiger partial charge in [0.15, 0.2) is 17.3 Å². The van der Waals surface area contributed by atoms with Crippen molar-refractivity contribution in [2.45, 2.75) is 46.0 Å². The predicted octanol–water partition coefficient (Wildman–Crippen LogP) is 5.45.